The summed E-state index contributed by atoms with van der Waals surface area (Å²) in [7, 11) is 0. The van der Waals surface area contributed by atoms with Gasteiger partial charge in [-0.15, -0.1) is 0 Å². The molecule has 2 N–H and O–H groups in total. The van der Waals surface area contributed by atoms with Gasteiger partial charge in [0.2, 0.25) is 5.95 Å². The number of benzene rings is 1. The number of H-pyrrole nitrogens is 1. The molecule has 2 rings (SSSR count). The van der Waals surface area contributed by atoms with Gasteiger partial charge in [-0.1, -0.05) is 15.9 Å². The number of hydrogen-bond donors (Lipinski definition) is 2. The molecule has 0 aliphatic rings. The molecule has 0 aliphatic carbocycles. The Balaban J connectivity index is 2.24. The molecule has 15 heavy (non-hydrogen) atoms. The highest BCUT2D eigenvalue weighted by Crippen LogP contribution is 2.22. The zero-order valence-corrected chi connectivity index (χ0v) is 10.2. The molecular formula is C11H12BrN3. The zero-order chi connectivity index (χ0) is 10.8. The Morgan fingerprint density at radius 3 is 2.73 bits per heavy atom. The molecule has 78 valence electrons. The summed E-state index contributed by atoms with van der Waals surface area (Å²) in [4.78, 5) is 7.33. The highest BCUT2D eigenvalue weighted by Gasteiger charge is 2.01. The average Bonchev–Trinajstić information content (AvgIpc) is 2.56. The number of nitrogens with one attached hydrogen (secondary N) is 2. The van der Waals surface area contributed by atoms with Crippen molar-refractivity contribution in [3.63, 3.8) is 0 Å². The number of aromatic amines is 1. The zero-order valence-electron chi connectivity index (χ0n) is 8.63. The van der Waals surface area contributed by atoms with E-state index in [0.29, 0.717) is 0 Å². The minimum Gasteiger partial charge on any atom is -0.328 e. The molecule has 0 fully saturated rings. The van der Waals surface area contributed by atoms with Gasteiger partial charge < -0.3 is 10.3 Å². The monoisotopic (exact) mass is 265 g/mol. The topological polar surface area (TPSA) is 40.7 Å². The van der Waals surface area contributed by atoms with Crippen LogP contribution in [0.4, 0.5) is 11.6 Å². The number of hydrogen-bond acceptors (Lipinski definition) is 2. The van der Waals surface area contributed by atoms with Crippen LogP contribution >= 0.6 is 15.9 Å². The molecule has 0 amide bonds. The smallest absolute Gasteiger partial charge is 0.204 e. The lowest BCUT2D eigenvalue weighted by Crippen LogP contribution is -1.94. The third kappa shape index (κ3) is 2.39. The lowest BCUT2D eigenvalue weighted by Gasteiger charge is -2.06. The first-order chi connectivity index (χ1) is 7.15. The number of aryl methyl sites for hydroxylation is 2. The fraction of sp³-hybridized carbons (Fsp3) is 0.182. The van der Waals surface area contributed by atoms with Crippen LogP contribution in [0, 0.1) is 13.8 Å². The van der Waals surface area contributed by atoms with Crippen LogP contribution in [0.5, 0.6) is 0 Å². The van der Waals surface area contributed by atoms with Crippen molar-refractivity contribution >= 4 is 27.6 Å². The fourth-order valence-electron chi connectivity index (χ4n) is 1.37. The summed E-state index contributed by atoms with van der Waals surface area (Å²) in [5.74, 6) is 0.776. The number of halogens is 1. The van der Waals surface area contributed by atoms with Crippen molar-refractivity contribution in [1.82, 2.24) is 9.97 Å². The Bertz CT molecular complexity index is 476. The van der Waals surface area contributed by atoms with Gasteiger partial charge in [-0.05, 0) is 37.6 Å². The van der Waals surface area contributed by atoms with Gasteiger partial charge in [0.05, 0.1) is 0 Å². The van der Waals surface area contributed by atoms with E-state index in [0.717, 1.165) is 21.8 Å². The second-order valence-corrected chi connectivity index (χ2v) is 4.41. The van der Waals surface area contributed by atoms with Crippen molar-refractivity contribution in [1.29, 1.82) is 0 Å². The molecule has 0 atom stereocenters. The summed E-state index contributed by atoms with van der Waals surface area (Å²) in [6.45, 7) is 4.04. The summed E-state index contributed by atoms with van der Waals surface area (Å²) in [6, 6.07) is 6.10. The normalized spacial score (nSPS) is 10.3. The lowest BCUT2D eigenvalue weighted by atomic mass is 10.2. The summed E-state index contributed by atoms with van der Waals surface area (Å²) >= 11 is 3.43. The molecule has 0 radical (unpaired) electrons. The van der Waals surface area contributed by atoms with Gasteiger partial charge in [0.25, 0.3) is 0 Å². The van der Waals surface area contributed by atoms with Crippen molar-refractivity contribution in [2.45, 2.75) is 13.8 Å². The molecule has 0 bridgehead atoms. The van der Waals surface area contributed by atoms with Gasteiger partial charge in [-0.25, -0.2) is 4.98 Å². The van der Waals surface area contributed by atoms with E-state index in [4.69, 9.17) is 0 Å². The maximum absolute atomic E-state index is 4.20. The first-order valence-corrected chi connectivity index (χ1v) is 5.49. The van der Waals surface area contributed by atoms with E-state index in [1.807, 2.05) is 19.1 Å². The van der Waals surface area contributed by atoms with Crippen LogP contribution in [-0.2, 0) is 0 Å². The minimum atomic E-state index is 0.776. The van der Waals surface area contributed by atoms with Gasteiger partial charge in [0.1, 0.15) is 0 Å². The molecule has 0 spiro atoms. The van der Waals surface area contributed by atoms with E-state index < -0.39 is 0 Å². The Labute approximate surface area is 97.1 Å². The average molecular weight is 266 g/mol. The molecule has 0 aliphatic heterocycles. The summed E-state index contributed by atoms with van der Waals surface area (Å²) in [6.07, 6.45) is 1.80. The maximum Gasteiger partial charge on any atom is 0.204 e. The van der Waals surface area contributed by atoms with Crippen molar-refractivity contribution in [3.8, 4) is 0 Å². The largest absolute Gasteiger partial charge is 0.328 e. The van der Waals surface area contributed by atoms with Crippen LogP contribution in [0.2, 0.25) is 0 Å². The van der Waals surface area contributed by atoms with Gasteiger partial charge in [0, 0.05) is 22.1 Å². The summed E-state index contributed by atoms with van der Waals surface area (Å²) in [5, 5.41) is 3.23. The standard InChI is InChI=1S/C11H12BrN3/c1-7-5-9(12)3-4-10(7)15-11-13-6-8(2)14-11/h3-6H,1-2H3,(H2,13,14,15). The van der Waals surface area contributed by atoms with E-state index >= 15 is 0 Å². The van der Waals surface area contributed by atoms with Crippen molar-refractivity contribution in [3.05, 3.63) is 40.1 Å². The molecule has 0 unspecified atom stereocenters. The molecular weight excluding hydrogens is 254 g/mol. The number of rotatable bonds is 2. The molecule has 1 aromatic heterocycles. The van der Waals surface area contributed by atoms with Crippen LogP contribution in [0.15, 0.2) is 28.9 Å². The summed E-state index contributed by atoms with van der Waals surface area (Å²) < 4.78 is 1.08. The maximum atomic E-state index is 4.20. The van der Waals surface area contributed by atoms with Gasteiger partial charge in [0.15, 0.2) is 0 Å². The molecule has 0 saturated carbocycles. The number of imidazole rings is 1. The van der Waals surface area contributed by atoms with E-state index in [1.165, 1.54) is 5.56 Å². The lowest BCUT2D eigenvalue weighted by molar-refractivity contribution is 1.24. The second kappa shape index (κ2) is 4.06. The molecule has 1 heterocycles. The first-order valence-electron chi connectivity index (χ1n) is 4.70. The van der Waals surface area contributed by atoms with Crippen molar-refractivity contribution < 1.29 is 0 Å². The fourth-order valence-corrected chi connectivity index (χ4v) is 1.85. The van der Waals surface area contributed by atoms with E-state index in [-0.39, 0.29) is 0 Å². The van der Waals surface area contributed by atoms with Crippen LogP contribution in [-0.4, -0.2) is 9.97 Å². The van der Waals surface area contributed by atoms with E-state index in [1.54, 1.807) is 6.20 Å². The molecule has 4 heteroatoms. The van der Waals surface area contributed by atoms with Gasteiger partial charge in [-0.3, -0.25) is 0 Å². The SMILES string of the molecule is Cc1cnc(Nc2ccc(Br)cc2C)[nH]1. The predicted octanol–water partition coefficient (Wildman–Crippen LogP) is 3.53. The number of anilines is 2. The van der Waals surface area contributed by atoms with Gasteiger partial charge in [-0.2, -0.15) is 0 Å². The van der Waals surface area contributed by atoms with Crippen LogP contribution in [0.1, 0.15) is 11.3 Å². The third-order valence-corrected chi connectivity index (χ3v) is 2.64. The molecule has 1 aromatic carbocycles. The Hall–Kier alpha value is -1.29. The second-order valence-electron chi connectivity index (χ2n) is 3.50. The van der Waals surface area contributed by atoms with Crippen LogP contribution in [0.3, 0.4) is 0 Å². The van der Waals surface area contributed by atoms with Crippen molar-refractivity contribution in [2.75, 3.05) is 5.32 Å². The Morgan fingerprint density at radius 1 is 1.33 bits per heavy atom. The highest BCUT2D eigenvalue weighted by molar-refractivity contribution is 9.10. The van der Waals surface area contributed by atoms with Crippen LogP contribution < -0.4 is 5.32 Å². The van der Waals surface area contributed by atoms with Crippen LogP contribution in [0.25, 0.3) is 0 Å². The number of nitrogens with zero attached hydrogens (tertiary/aromatic N) is 1. The first kappa shape index (κ1) is 10.2. The molecule has 3 nitrogen and oxygen atoms in total. The number of aromatic nitrogens is 2. The van der Waals surface area contributed by atoms with Gasteiger partial charge >= 0.3 is 0 Å². The van der Waals surface area contributed by atoms with E-state index in [2.05, 4.69) is 44.2 Å². The highest BCUT2D eigenvalue weighted by atomic mass is 79.9. The van der Waals surface area contributed by atoms with Crippen molar-refractivity contribution in [2.24, 2.45) is 0 Å². The van der Waals surface area contributed by atoms with E-state index in [9.17, 15) is 0 Å². The summed E-state index contributed by atoms with van der Waals surface area (Å²) in [5.41, 5.74) is 3.29. The minimum absolute atomic E-state index is 0.776. The quantitative estimate of drug-likeness (QED) is 0.872. The Morgan fingerprint density at radius 2 is 2.13 bits per heavy atom. The molecule has 0 saturated heterocycles. The third-order valence-electron chi connectivity index (χ3n) is 2.14. The Kier molecular flexibility index (Phi) is 2.77. The molecule has 2 aromatic rings. The predicted molar refractivity (Wildman–Crippen MR) is 65.5 cm³/mol.